The van der Waals surface area contributed by atoms with E-state index in [4.69, 9.17) is 16.3 Å². The SMILES string of the molecule is CCOC(=O)C1=C(N(Cc2ccccc2)C(C(=O)NC2CCCCC2)c2ccccc2)C(=O)N(c2ccccc2)C1c1ccc(Cl)cc1. The third-order valence-electron chi connectivity index (χ3n) is 9.03. The Kier molecular flexibility index (Phi) is 10.6. The number of hydrogen-bond acceptors (Lipinski definition) is 5. The summed E-state index contributed by atoms with van der Waals surface area (Å²) in [4.78, 5) is 47.4. The molecule has 0 aromatic heterocycles. The van der Waals surface area contributed by atoms with Gasteiger partial charge in [-0.1, -0.05) is 122 Å². The summed E-state index contributed by atoms with van der Waals surface area (Å²) in [5.74, 6) is -1.22. The largest absolute Gasteiger partial charge is 0.463 e. The number of rotatable bonds is 11. The Morgan fingerprint density at radius 1 is 0.854 bits per heavy atom. The zero-order valence-corrected chi connectivity index (χ0v) is 27.8. The molecule has 1 heterocycles. The number of anilines is 1. The molecule has 2 amide bonds. The topological polar surface area (TPSA) is 79.0 Å². The van der Waals surface area contributed by atoms with Crippen LogP contribution in [0.5, 0.6) is 0 Å². The molecular formula is C40H40ClN3O4. The van der Waals surface area contributed by atoms with Gasteiger partial charge in [-0.05, 0) is 60.7 Å². The van der Waals surface area contributed by atoms with Crippen LogP contribution in [0, 0.1) is 0 Å². The molecule has 4 aromatic rings. The minimum atomic E-state index is -0.918. The molecule has 6 rings (SSSR count). The Balaban J connectivity index is 1.59. The molecule has 1 saturated carbocycles. The molecule has 1 fully saturated rings. The van der Waals surface area contributed by atoms with Crippen LogP contribution in [0.15, 0.2) is 127 Å². The van der Waals surface area contributed by atoms with Crippen LogP contribution in [-0.2, 0) is 25.7 Å². The molecule has 246 valence electrons. The second-order valence-electron chi connectivity index (χ2n) is 12.2. The lowest BCUT2D eigenvalue weighted by atomic mass is 9.94. The Morgan fingerprint density at radius 2 is 1.46 bits per heavy atom. The normalized spacial score (nSPS) is 17.2. The van der Waals surface area contributed by atoms with E-state index in [9.17, 15) is 9.59 Å². The number of hydrogen-bond donors (Lipinski definition) is 1. The molecule has 2 aliphatic rings. The van der Waals surface area contributed by atoms with Crippen LogP contribution < -0.4 is 10.2 Å². The number of nitrogens with one attached hydrogen (secondary N) is 1. The number of ether oxygens (including phenoxy) is 1. The summed E-state index contributed by atoms with van der Waals surface area (Å²) in [7, 11) is 0. The first-order chi connectivity index (χ1) is 23.5. The quantitative estimate of drug-likeness (QED) is 0.165. The van der Waals surface area contributed by atoms with E-state index in [0.29, 0.717) is 21.8 Å². The Bertz CT molecular complexity index is 1740. The maximum atomic E-state index is 15.1. The van der Waals surface area contributed by atoms with E-state index in [1.807, 2.05) is 108 Å². The van der Waals surface area contributed by atoms with Gasteiger partial charge in [0, 0.05) is 23.3 Å². The number of nitrogens with zero attached hydrogens (tertiary/aromatic N) is 2. The van der Waals surface area contributed by atoms with Gasteiger partial charge < -0.3 is 15.0 Å². The third kappa shape index (κ3) is 7.16. The average molecular weight is 662 g/mol. The minimum absolute atomic E-state index is 0.0384. The van der Waals surface area contributed by atoms with E-state index in [2.05, 4.69) is 5.32 Å². The summed E-state index contributed by atoms with van der Waals surface area (Å²) in [5, 5.41) is 3.86. The average Bonchev–Trinajstić information content (AvgIpc) is 3.42. The van der Waals surface area contributed by atoms with Crippen LogP contribution >= 0.6 is 11.6 Å². The van der Waals surface area contributed by atoms with Crippen LogP contribution in [0.4, 0.5) is 5.69 Å². The van der Waals surface area contributed by atoms with Gasteiger partial charge in [-0.15, -0.1) is 0 Å². The lowest BCUT2D eigenvalue weighted by molar-refractivity contribution is -0.139. The highest BCUT2D eigenvalue weighted by atomic mass is 35.5. The predicted molar refractivity (Wildman–Crippen MR) is 188 cm³/mol. The fourth-order valence-corrected chi connectivity index (χ4v) is 6.96. The maximum absolute atomic E-state index is 15.1. The molecular weight excluding hydrogens is 622 g/mol. The molecule has 0 spiro atoms. The van der Waals surface area contributed by atoms with Crippen molar-refractivity contribution in [3.05, 3.63) is 148 Å². The summed E-state index contributed by atoms with van der Waals surface area (Å²) in [6.45, 7) is 2.05. The first kappa shape index (κ1) is 33.0. The van der Waals surface area contributed by atoms with Gasteiger partial charge in [-0.25, -0.2) is 4.79 Å². The third-order valence-corrected chi connectivity index (χ3v) is 9.29. The molecule has 0 saturated heterocycles. The highest BCUT2D eigenvalue weighted by molar-refractivity contribution is 6.30. The fraction of sp³-hybridized carbons (Fsp3) is 0.275. The molecule has 48 heavy (non-hydrogen) atoms. The molecule has 1 aliphatic carbocycles. The van der Waals surface area contributed by atoms with E-state index in [1.165, 1.54) is 0 Å². The van der Waals surface area contributed by atoms with Crippen LogP contribution in [0.3, 0.4) is 0 Å². The number of carbonyl (C=O) groups excluding carboxylic acids is 3. The molecule has 0 radical (unpaired) electrons. The van der Waals surface area contributed by atoms with Crippen LogP contribution in [0.25, 0.3) is 0 Å². The zero-order chi connectivity index (χ0) is 33.5. The van der Waals surface area contributed by atoms with Crippen molar-refractivity contribution in [1.82, 2.24) is 10.2 Å². The van der Waals surface area contributed by atoms with E-state index >= 15 is 4.79 Å². The van der Waals surface area contributed by atoms with Gasteiger partial charge in [0.1, 0.15) is 11.7 Å². The minimum Gasteiger partial charge on any atom is -0.463 e. The Labute approximate surface area is 287 Å². The Morgan fingerprint density at radius 3 is 2.08 bits per heavy atom. The van der Waals surface area contributed by atoms with Gasteiger partial charge in [-0.3, -0.25) is 14.5 Å². The highest BCUT2D eigenvalue weighted by Gasteiger charge is 2.49. The number of halogens is 1. The summed E-state index contributed by atoms with van der Waals surface area (Å²) in [6.07, 6.45) is 5.07. The van der Waals surface area contributed by atoms with Crippen molar-refractivity contribution in [1.29, 1.82) is 0 Å². The molecule has 1 aliphatic heterocycles. The highest BCUT2D eigenvalue weighted by Crippen LogP contribution is 2.45. The van der Waals surface area contributed by atoms with E-state index in [-0.39, 0.29) is 36.4 Å². The van der Waals surface area contributed by atoms with Crippen molar-refractivity contribution < 1.29 is 19.1 Å². The van der Waals surface area contributed by atoms with Crippen LogP contribution in [0.2, 0.25) is 5.02 Å². The number of amides is 2. The van der Waals surface area contributed by atoms with Gasteiger partial charge in [0.2, 0.25) is 5.91 Å². The smallest absolute Gasteiger partial charge is 0.338 e. The van der Waals surface area contributed by atoms with Gasteiger partial charge in [0.15, 0.2) is 0 Å². The predicted octanol–water partition coefficient (Wildman–Crippen LogP) is 7.94. The standard InChI is InChI=1S/C40H40ClN3O4/c1-2-48-40(47)34-35(30-23-25-31(41)26-24-30)44(33-21-13-6-14-22-33)39(46)37(34)43(27-28-15-7-3-8-16-28)36(29-17-9-4-10-18-29)38(45)42-32-19-11-5-12-20-32/h3-4,6-10,13-18,21-26,32,35-36H,2,5,11-12,19-20,27H2,1H3,(H,42,45). The molecule has 8 heteroatoms. The second-order valence-corrected chi connectivity index (χ2v) is 12.7. The van der Waals surface area contributed by atoms with Crippen molar-refractivity contribution in [2.75, 3.05) is 11.5 Å². The Hall–Kier alpha value is -4.88. The summed E-state index contributed by atoms with van der Waals surface area (Å²) < 4.78 is 5.70. The first-order valence-corrected chi connectivity index (χ1v) is 17.0. The van der Waals surface area contributed by atoms with Crippen LogP contribution in [-0.4, -0.2) is 35.3 Å². The number of esters is 1. The number of para-hydroxylation sites is 1. The molecule has 2 atom stereocenters. The van der Waals surface area contributed by atoms with E-state index in [0.717, 1.165) is 37.7 Å². The molecule has 7 nitrogen and oxygen atoms in total. The van der Waals surface area contributed by atoms with Crippen molar-refractivity contribution in [3.63, 3.8) is 0 Å². The first-order valence-electron chi connectivity index (χ1n) is 16.7. The lowest BCUT2D eigenvalue weighted by Crippen LogP contribution is -2.46. The molecule has 4 aromatic carbocycles. The van der Waals surface area contributed by atoms with Gasteiger partial charge in [0.05, 0.1) is 18.2 Å². The second kappa shape index (κ2) is 15.3. The maximum Gasteiger partial charge on any atom is 0.338 e. The molecule has 2 unspecified atom stereocenters. The fourth-order valence-electron chi connectivity index (χ4n) is 6.83. The lowest BCUT2D eigenvalue weighted by Gasteiger charge is -2.35. The summed E-state index contributed by atoms with van der Waals surface area (Å²) in [6, 6.07) is 33.9. The van der Waals surface area contributed by atoms with Crippen molar-refractivity contribution in [3.8, 4) is 0 Å². The molecule has 1 N–H and O–H groups in total. The van der Waals surface area contributed by atoms with Gasteiger partial charge in [-0.2, -0.15) is 0 Å². The summed E-state index contributed by atoms with van der Waals surface area (Å²) in [5.41, 5.74) is 3.21. The number of benzene rings is 4. The van der Waals surface area contributed by atoms with Crippen molar-refractivity contribution in [2.45, 2.75) is 63.7 Å². The van der Waals surface area contributed by atoms with Gasteiger partial charge >= 0.3 is 5.97 Å². The van der Waals surface area contributed by atoms with Crippen molar-refractivity contribution >= 4 is 35.1 Å². The zero-order valence-electron chi connectivity index (χ0n) is 27.1. The van der Waals surface area contributed by atoms with Gasteiger partial charge in [0.25, 0.3) is 5.91 Å². The van der Waals surface area contributed by atoms with Crippen molar-refractivity contribution in [2.24, 2.45) is 0 Å². The van der Waals surface area contributed by atoms with Crippen LogP contribution in [0.1, 0.15) is 67.8 Å². The monoisotopic (exact) mass is 661 g/mol. The molecule has 0 bridgehead atoms. The van der Waals surface area contributed by atoms with E-state index < -0.39 is 24.0 Å². The number of carbonyl (C=O) groups is 3. The van der Waals surface area contributed by atoms with E-state index in [1.54, 1.807) is 24.0 Å². The summed E-state index contributed by atoms with van der Waals surface area (Å²) >= 11 is 6.31.